The molecule has 0 saturated heterocycles. The zero-order chi connectivity index (χ0) is 16.1. The van der Waals surface area contributed by atoms with Crippen LogP contribution in [-0.2, 0) is 0 Å². The summed E-state index contributed by atoms with van der Waals surface area (Å²) in [6.45, 7) is 3.81. The fourth-order valence-electron chi connectivity index (χ4n) is 1.93. The normalized spacial score (nSPS) is 10.4. The van der Waals surface area contributed by atoms with Crippen LogP contribution < -0.4 is 10.6 Å². The number of hydrogen-bond acceptors (Lipinski definition) is 2. The number of rotatable bonds is 4. The molecule has 0 radical (unpaired) electrons. The highest BCUT2D eigenvalue weighted by atomic mass is 127. The largest absolute Gasteiger partial charge is 0.350 e. The Morgan fingerprint density at radius 2 is 1.73 bits per heavy atom. The van der Waals surface area contributed by atoms with Crippen LogP contribution in [0.3, 0.4) is 0 Å². The third-order valence-electron chi connectivity index (χ3n) is 2.92. The summed E-state index contributed by atoms with van der Waals surface area (Å²) < 4.78 is 0.881. The van der Waals surface area contributed by atoms with Gasteiger partial charge in [0.1, 0.15) is 0 Å². The molecule has 0 saturated carbocycles. The van der Waals surface area contributed by atoms with Gasteiger partial charge in [0.25, 0.3) is 11.8 Å². The lowest BCUT2D eigenvalue weighted by Crippen LogP contribution is -2.30. The van der Waals surface area contributed by atoms with Gasteiger partial charge in [-0.3, -0.25) is 9.59 Å². The molecule has 2 N–H and O–H groups in total. The Morgan fingerprint density at radius 3 is 2.41 bits per heavy atom. The zero-order valence-corrected chi connectivity index (χ0v) is 14.5. The first-order chi connectivity index (χ1) is 10.5. The molecule has 0 bridgehead atoms. The summed E-state index contributed by atoms with van der Waals surface area (Å²) in [6.07, 6.45) is 0. The Hall–Kier alpha value is -1.89. The molecule has 114 valence electrons. The highest BCUT2D eigenvalue weighted by Crippen LogP contribution is 2.16. The lowest BCUT2D eigenvalue weighted by molar-refractivity contribution is 0.0941. The first-order valence-corrected chi connectivity index (χ1v) is 8.02. The summed E-state index contributed by atoms with van der Waals surface area (Å²) >= 11 is 2.12. The van der Waals surface area contributed by atoms with Crippen molar-refractivity contribution in [1.82, 2.24) is 5.32 Å². The average molecular weight is 408 g/mol. The van der Waals surface area contributed by atoms with E-state index in [1.807, 2.05) is 32.0 Å². The molecule has 0 aromatic heterocycles. The maximum absolute atomic E-state index is 12.3. The van der Waals surface area contributed by atoms with E-state index in [0.717, 1.165) is 3.57 Å². The molecule has 0 atom stereocenters. The standard InChI is InChI=1S/C17H17IN2O2/c1-11(2)19-16(21)12-6-5-7-13(10-12)20-17(22)14-8-3-4-9-15(14)18/h3-11H,1-2H3,(H,19,21)(H,20,22). The summed E-state index contributed by atoms with van der Waals surface area (Å²) in [4.78, 5) is 24.3. The molecule has 0 aliphatic carbocycles. The zero-order valence-electron chi connectivity index (χ0n) is 12.4. The molecule has 5 heteroatoms. The van der Waals surface area contributed by atoms with Crippen molar-refractivity contribution in [3.8, 4) is 0 Å². The van der Waals surface area contributed by atoms with E-state index in [1.165, 1.54) is 0 Å². The molecule has 2 aromatic rings. The number of carbonyl (C=O) groups is 2. The highest BCUT2D eigenvalue weighted by molar-refractivity contribution is 14.1. The van der Waals surface area contributed by atoms with Gasteiger partial charge in [-0.2, -0.15) is 0 Å². The van der Waals surface area contributed by atoms with Crippen molar-refractivity contribution in [1.29, 1.82) is 0 Å². The van der Waals surface area contributed by atoms with E-state index in [2.05, 4.69) is 33.2 Å². The minimum atomic E-state index is -0.189. The summed E-state index contributed by atoms with van der Waals surface area (Å²) in [7, 11) is 0. The van der Waals surface area contributed by atoms with E-state index >= 15 is 0 Å². The van der Waals surface area contributed by atoms with E-state index in [-0.39, 0.29) is 17.9 Å². The van der Waals surface area contributed by atoms with E-state index in [0.29, 0.717) is 16.8 Å². The van der Waals surface area contributed by atoms with Crippen molar-refractivity contribution in [2.24, 2.45) is 0 Å². The number of anilines is 1. The van der Waals surface area contributed by atoms with Crippen molar-refractivity contribution < 1.29 is 9.59 Å². The topological polar surface area (TPSA) is 58.2 Å². The Bertz CT molecular complexity index is 699. The van der Waals surface area contributed by atoms with E-state index in [1.54, 1.807) is 30.3 Å². The van der Waals surface area contributed by atoms with Crippen LogP contribution in [0.5, 0.6) is 0 Å². The first-order valence-electron chi connectivity index (χ1n) is 6.94. The SMILES string of the molecule is CC(C)NC(=O)c1cccc(NC(=O)c2ccccc2I)c1. The lowest BCUT2D eigenvalue weighted by Gasteiger charge is -2.10. The number of amides is 2. The van der Waals surface area contributed by atoms with Crippen molar-refractivity contribution in [3.63, 3.8) is 0 Å². The highest BCUT2D eigenvalue weighted by Gasteiger charge is 2.11. The van der Waals surface area contributed by atoms with Crippen molar-refractivity contribution in [2.75, 3.05) is 5.32 Å². The molecular formula is C17H17IN2O2. The van der Waals surface area contributed by atoms with Crippen LogP contribution in [0.4, 0.5) is 5.69 Å². The maximum atomic E-state index is 12.3. The number of hydrogen-bond donors (Lipinski definition) is 2. The second-order valence-corrected chi connectivity index (χ2v) is 6.31. The van der Waals surface area contributed by atoms with Gasteiger partial charge in [-0.25, -0.2) is 0 Å². The monoisotopic (exact) mass is 408 g/mol. The molecule has 0 unspecified atom stereocenters. The van der Waals surface area contributed by atoms with Crippen LogP contribution in [0, 0.1) is 3.57 Å². The Kier molecular flexibility index (Phi) is 5.54. The third-order valence-corrected chi connectivity index (χ3v) is 3.86. The first kappa shape index (κ1) is 16.5. The van der Waals surface area contributed by atoms with Gasteiger partial charge in [0.05, 0.1) is 5.56 Å². The maximum Gasteiger partial charge on any atom is 0.256 e. The van der Waals surface area contributed by atoms with Gasteiger partial charge < -0.3 is 10.6 Å². The molecule has 0 spiro atoms. The summed E-state index contributed by atoms with van der Waals surface area (Å²) in [6, 6.07) is 14.3. The molecule has 2 rings (SSSR count). The van der Waals surface area contributed by atoms with Crippen LogP contribution in [0.25, 0.3) is 0 Å². The quantitative estimate of drug-likeness (QED) is 0.759. The lowest BCUT2D eigenvalue weighted by atomic mass is 10.1. The number of benzene rings is 2. The predicted octanol–water partition coefficient (Wildman–Crippen LogP) is 3.68. The molecule has 4 nitrogen and oxygen atoms in total. The third kappa shape index (κ3) is 4.30. The molecule has 0 aliphatic heterocycles. The van der Waals surface area contributed by atoms with Gasteiger partial charge in [-0.15, -0.1) is 0 Å². The molecular weight excluding hydrogens is 391 g/mol. The Labute approximate surface area is 143 Å². The van der Waals surface area contributed by atoms with Gasteiger partial charge in [0, 0.05) is 20.9 Å². The summed E-state index contributed by atoms with van der Waals surface area (Å²) in [5.41, 5.74) is 1.73. The van der Waals surface area contributed by atoms with Crippen molar-refractivity contribution in [3.05, 3.63) is 63.2 Å². The molecule has 2 amide bonds. The molecule has 0 heterocycles. The minimum Gasteiger partial charge on any atom is -0.350 e. The van der Waals surface area contributed by atoms with Crippen LogP contribution in [0.2, 0.25) is 0 Å². The minimum absolute atomic E-state index is 0.0663. The van der Waals surface area contributed by atoms with E-state index in [9.17, 15) is 9.59 Å². The Balaban J connectivity index is 2.15. The van der Waals surface area contributed by atoms with Crippen LogP contribution in [0.1, 0.15) is 34.6 Å². The second-order valence-electron chi connectivity index (χ2n) is 5.14. The van der Waals surface area contributed by atoms with Gasteiger partial charge in [0.15, 0.2) is 0 Å². The molecule has 0 aliphatic rings. The van der Waals surface area contributed by atoms with Gasteiger partial charge in [-0.05, 0) is 66.8 Å². The fourth-order valence-corrected chi connectivity index (χ4v) is 2.56. The second kappa shape index (κ2) is 7.40. The van der Waals surface area contributed by atoms with Crippen molar-refractivity contribution in [2.45, 2.75) is 19.9 Å². The molecule has 0 fully saturated rings. The van der Waals surface area contributed by atoms with E-state index in [4.69, 9.17) is 0 Å². The number of halogens is 1. The predicted molar refractivity (Wildman–Crippen MR) is 96.2 cm³/mol. The summed E-state index contributed by atoms with van der Waals surface area (Å²) in [5.74, 6) is -0.341. The van der Waals surface area contributed by atoms with Gasteiger partial charge in [0.2, 0.25) is 0 Å². The molecule has 2 aromatic carbocycles. The van der Waals surface area contributed by atoms with E-state index < -0.39 is 0 Å². The fraction of sp³-hybridized carbons (Fsp3) is 0.176. The van der Waals surface area contributed by atoms with Crippen molar-refractivity contribution >= 4 is 40.1 Å². The number of carbonyl (C=O) groups excluding carboxylic acids is 2. The Morgan fingerprint density at radius 1 is 1.00 bits per heavy atom. The average Bonchev–Trinajstić information content (AvgIpc) is 2.47. The van der Waals surface area contributed by atoms with Gasteiger partial charge in [-0.1, -0.05) is 18.2 Å². The van der Waals surface area contributed by atoms with Crippen LogP contribution in [0.15, 0.2) is 48.5 Å². The number of nitrogens with one attached hydrogen (secondary N) is 2. The van der Waals surface area contributed by atoms with Gasteiger partial charge >= 0.3 is 0 Å². The van der Waals surface area contributed by atoms with Crippen LogP contribution >= 0.6 is 22.6 Å². The molecule has 22 heavy (non-hydrogen) atoms. The summed E-state index contributed by atoms with van der Waals surface area (Å²) in [5, 5.41) is 5.65. The van der Waals surface area contributed by atoms with Crippen LogP contribution in [-0.4, -0.2) is 17.9 Å². The smallest absolute Gasteiger partial charge is 0.256 e.